The van der Waals surface area contributed by atoms with Crippen LogP contribution >= 0.6 is 38.5 Å². The number of rotatable bonds is 8. The Morgan fingerprint density at radius 2 is 1.82 bits per heavy atom. The van der Waals surface area contributed by atoms with E-state index in [1.54, 1.807) is 55.5 Å². The zero-order valence-electron chi connectivity index (χ0n) is 19.8. The van der Waals surface area contributed by atoms with E-state index < -0.39 is 22.8 Å². The van der Waals surface area contributed by atoms with Crippen LogP contribution in [0, 0.1) is 13.7 Å². The van der Waals surface area contributed by atoms with Crippen LogP contribution in [0.2, 0.25) is 0 Å². The molecule has 10 nitrogen and oxygen atoms in total. The summed E-state index contributed by atoms with van der Waals surface area (Å²) in [6.45, 7) is 2.17. The Bertz CT molecular complexity index is 1470. The largest absolute Gasteiger partial charge is 0.490 e. The Kier molecular flexibility index (Phi) is 8.42. The average Bonchev–Trinajstić information content (AvgIpc) is 2.87. The Hall–Kier alpha value is -3.78. The normalized spacial score (nSPS) is 14.4. The summed E-state index contributed by atoms with van der Waals surface area (Å²) in [4.78, 5) is 49.7. The lowest BCUT2D eigenvalue weighted by atomic mass is 10.1. The molecule has 1 N–H and O–H groups in total. The van der Waals surface area contributed by atoms with Crippen LogP contribution in [0.1, 0.15) is 18.1 Å². The van der Waals surface area contributed by atoms with Gasteiger partial charge in [-0.05, 0) is 83.1 Å². The van der Waals surface area contributed by atoms with Crippen LogP contribution in [0.4, 0.5) is 16.2 Å². The number of hydrogen-bond acceptors (Lipinski definition) is 7. The van der Waals surface area contributed by atoms with Crippen molar-refractivity contribution in [1.29, 1.82) is 0 Å². The monoisotopic (exact) mass is 691 g/mol. The highest BCUT2D eigenvalue weighted by atomic mass is 127. The van der Waals surface area contributed by atoms with E-state index in [9.17, 15) is 24.5 Å². The van der Waals surface area contributed by atoms with Crippen LogP contribution < -0.4 is 19.7 Å². The van der Waals surface area contributed by atoms with Gasteiger partial charge < -0.3 is 9.47 Å². The summed E-state index contributed by atoms with van der Waals surface area (Å²) in [6.07, 6.45) is 1.38. The Balaban J connectivity index is 1.64. The summed E-state index contributed by atoms with van der Waals surface area (Å²) >= 11 is 5.35. The highest BCUT2D eigenvalue weighted by molar-refractivity contribution is 14.1. The molecule has 1 aliphatic heterocycles. The molecule has 0 spiro atoms. The Morgan fingerprint density at radius 1 is 1.08 bits per heavy atom. The number of nitrogens with one attached hydrogen (secondary N) is 1. The van der Waals surface area contributed by atoms with Crippen molar-refractivity contribution in [2.45, 2.75) is 13.5 Å². The van der Waals surface area contributed by atoms with Gasteiger partial charge in [0.1, 0.15) is 12.2 Å². The zero-order chi connectivity index (χ0) is 27.4. The van der Waals surface area contributed by atoms with E-state index in [0.29, 0.717) is 38.5 Å². The number of hydrogen-bond donors (Lipinski definition) is 1. The van der Waals surface area contributed by atoms with Gasteiger partial charge in [-0.15, -0.1) is 0 Å². The maximum absolute atomic E-state index is 13.2. The third kappa shape index (κ3) is 6.02. The zero-order valence-corrected chi connectivity index (χ0v) is 23.5. The van der Waals surface area contributed by atoms with E-state index in [-0.39, 0.29) is 17.9 Å². The Labute approximate surface area is 239 Å². The van der Waals surface area contributed by atoms with Crippen LogP contribution in [0.5, 0.6) is 11.5 Å². The third-order valence-electron chi connectivity index (χ3n) is 5.33. The molecule has 1 heterocycles. The van der Waals surface area contributed by atoms with Crippen molar-refractivity contribution in [1.82, 2.24) is 5.32 Å². The highest BCUT2D eigenvalue weighted by Crippen LogP contribution is 2.36. The number of nitro benzene ring substituents is 1. The minimum atomic E-state index is -0.839. The van der Waals surface area contributed by atoms with Gasteiger partial charge in [0.05, 0.1) is 20.8 Å². The minimum absolute atomic E-state index is 0.0427. The fourth-order valence-electron chi connectivity index (χ4n) is 3.64. The second-order valence-electron chi connectivity index (χ2n) is 7.91. The van der Waals surface area contributed by atoms with Crippen LogP contribution in [0.3, 0.4) is 0 Å². The SMILES string of the molecule is CCOc1cc(/C=C2\C(=O)NC(=O)N(c3ccc(Br)cc3)C2=O)cc(I)c1OCc1cccc([N+](=O)[O-])c1. The molecule has 3 aromatic rings. The molecular weight excluding hydrogens is 673 g/mol. The van der Waals surface area contributed by atoms with Crippen molar-refractivity contribution in [3.8, 4) is 11.5 Å². The van der Waals surface area contributed by atoms with Crippen molar-refractivity contribution in [3.63, 3.8) is 0 Å². The van der Waals surface area contributed by atoms with Crippen molar-refractivity contribution in [2.24, 2.45) is 0 Å². The molecule has 0 aliphatic carbocycles. The first kappa shape index (κ1) is 27.3. The maximum atomic E-state index is 13.2. The highest BCUT2D eigenvalue weighted by Gasteiger charge is 2.36. The number of anilines is 1. The lowest BCUT2D eigenvalue weighted by molar-refractivity contribution is -0.384. The number of carbonyl (C=O) groups excluding carboxylic acids is 3. The van der Waals surface area contributed by atoms with Crippen molar-refractivity contribution in [3.05, 3.63) is 95.5 Å². The number of halogens is 2. The molecule has 0 bridgehead atoms. The van der Waals surface area contributed by atoms with E-state index in [1.165, 1.54) is 18.2 Å². The molecule has 1 fully saturated rings. The molecule has 194 valence electrons. The van der Waals surface area contributed by atoms with Gasteiger partial charge in [-0.1, -0.05) is 28.1 Å². The number of nitro groups is 1. The smallest absolute Gasteiger partial charge is 0.335 e. The lowest BCUT2D eigenvalue weighted by Crippen LogP contribution is -2.54. The second-order valence-corrected chi connectivity index (χ2v) is 9.99. The van der Waals surface area contributed by atoms with Gasteiger partial charge >= 0.3 is 6.03 Å². The molecule has 4 rings (SSSR count). The molecule has 3 aromatic carbocycles. The van der Waals surface area contributed by atoms with E-state index >= 15 is 0 Å². The molecular formula is C26H19BrIN3O7. The predicted octanol–water partition coefficient (Wildman–Crippen LogP) is 5.61. The number of barbiturate groups is 1. The number of non-ortho nitro benzene ring substituents is 1. The van der Waals surface area contributed by atoms with Crippen LogP contribution in [0.25, 0.3) is 6.08 Å². The number of ether oxygens (including phenoxy) is 2. The number of imide groups is 2. The summed E-state index contributed by atoms with van der Waals surface area (Å²) < 4.78 is 13.1. The third-order valence-corrected chi connectivity index (χ3v) is 6.66. The van der Waals surface area contributed by atoms with E-state index in [2.05, 4.69) is 21.2 Å². The molecule has 0 radical (unpaired) electrons. The van der Waals surface area contributed by atoms with Crippen LogP contribution in [-0.2, 0) is 16.2 Å². The van der Waals surface area contributed by atoms with E-state index in [0.717, 1.165) is 9.37 Å². The molecule has 4 amide bonds. The van der Waals surface area contributed by atoms with Crippen molar-refractivity contribution >= 4 is 73.8 Å². The summed E-state index contributed by atoms with van der Waals surface area (Å²) in [5.41, 5.74) is 1.12. The lowest BCUT2D eigenvalue weighted by Gasteiger charge is -2.26. The predicted molar refractivity (Wildman–Crippen MR) is 151 cm³/mol. The molecule has 0 aromatic heterocycles. The number of amides is 4. The molecule has 0 atom stereocenters. The summed E-state index contributed by atoms with van der Waals surface area (Å²) in [5.74, 6) is -0.805. The molecule has 12 heteroatoms. The molecule has 0 saturated carbocycles. The Morgan fingerprint density at radius 3 is 2.50 bits per heavy atom. The van der Waals surface area contributed by atoms with Gasteiger partial charge in [0, 0.05) is 16.6 Å². The molecule has 1 aliphatic rings. The maximum Gasteiger partial charge on any atom is 0.335 e. The quantitative estimate of drug-likeness (QED) is 0.107. The summed E-state index contributed by atoms with van der Waals surface area (Å²) in [6, 6.07) is 15.1. The van der Waals surface area contributed by atoms with Gasteiger partial charge in [0.2, 0.25) is 0 Å². The second kappa shape index (κ2) is 11.7. The number of carbonyl (C=O) groups is 3. The first-order chi connectivity index (χ1) is 18.2. The summed E-state index contributed by atoms with van der Waals surface area (Å²) in [7, 11) is 0. The topological polar surface area (TPSA) is 128 Å². The van der Waals surface area contributed by atoms with E-state index in [1.807, 2.05) is 22.6 Å². The van der Waals surface area contributed by atoms with Crippen molar-refractivity contribution in [2.75, 3.05) is 11.5 Å². The van der Waals surface area contributed by atoms with E-state index in [4.69, 9.17) is 9.47 Å². The van der Waals surface area contributed by atoms with Gasteiger partial charge in [-0.2, -0.15) is 0 Å². The molecule has 38 heavy (non-hydrogen) atoms. The number of nitrogens with zero attached hydrogens (tertiary/aromatic N) is 2. The molecule has 1 saturated heterocycles. The number of benzene rings is 3. The average molecular weight is 692 g/mol. The minimum Gasteiger partial charge on any atom is -0.490 e. The van der Waals surface area contributed by atoms with Gasteiger partial charge in [-0.25, -0.2) is 9.69 Å². The summed E-state index contributed by atoms with van der Waals surface area (Å²) in [5, 5.41) is 13.3. The fourth-order valence-corrected chi connectivity index (χ4v) is 4.68. The first-order valence-electron chi connectivity index (χ1n) is 11.2. The van der Waals surface area contributed by atoms with Gasteiger partial charge in [-0.3, -0.25) is 25.0 Å². The van der Waals surface area contributed by atoms with Gasteiger partial charge in [0.15, 0.2) is 11.5 Å². The fraction of sp³-hybridized carbons (Fsp3) is 0.115. The first-order valence-corrected chi connectivity index (χ1v) is 13.0. The van der Waals surface area contributed by atoms with Crippen LogP contribution in [-0.4, -0.2) is 29.4 Å². The van der Waals surface area contributed by atoms with Crippen LogP contribution in [0.15, 0.2) is 70.7 Å². The number of urea groups is 1. The molecule has 0 unspecified atom stereocenters. The van der Waals surface area contributed by atoms with Gasteiger partial charge in [0.25, 0.3) is 17.5 Å². The van der Waals surface area contributed by atoms with Crippen molar-refractivity contribution < 1.29 is 28.8 Å². The standard InChI is InChI=1S/C26H19BrIN3O7/c1-2-37-22-13-16(12-21(28)23(22)38-14-15-4-3-5-19(10-15)31(35)36)11-20-24(32)29-26(34)30(25(20)33)18-8-6-17(27)7-9-18/h3-13H,2,14H2,1H3,(H,29,32,34)/b20-11+.